The van der Waals surface area contributed by atoms with E-state index < -0.39 is 6.10 Å². The number of aryl methyl sites for hydroxylation is 1. The number of benzene rings is 1. The molecule has 1 unspecified atom stereocenters. The van der Waals surface area contributed by atoms with Crippen molar-refractivity contribution < 1.29 is 5.11 Å². The highest BCUT2D eigenvalue weighted by atomic mass is 35.5. The molecule has 1 aromatic carbocycles. The second kappa shape index (κ2) is 6.03. The molecule has 1 aromatic heterocycles. The van der Waals surface area contributed by atoms with Crippen molar-refractivity contribution in [1.29, 1.82) is 0 Å². The number of aliphatic hydroxyl groups excluding tert-OH is 1. The third-order valence-corrected chi connectivity index (χ3v) is 3.06. The van der Waals surface area contributed by atoms with E-state index in [9.17, 15) is 5.11 Å². The van der Waals surface area contributed by atoms with Crippen LogP contribution in [0.1, 0.15) is 30.8 Å². The molecule has 0 saturated carbocycles. The highest BCUT2D eigenvalue weighted by Crippen LogP contribution is 2.19. The van der Waals surface area contributed by atoms with Crippen LogP contribution < -0.4 is 0 Å². The smallest absolute Gasteiger partial charge is 0.137 e. The number of hydrogen-bond acceptors (Lipinski definition) is 2. The number of rotatable bonds is 5. The van der Waals surface area contributed by atoms with Crippen LogP contribution in [0, 0.1) is 0 Å². The van der Waals surface area contributed by atoms with Gasteiger partial charge >= 0.3 is 0 Å². The van der Waals surface area contributed by atoms with E-state index in [2.05, 4.69) is 11.9 Å². The van der Waals surface area contributed by atoms with Gasteiger partial charge in [-0.2, -0.15) is 0 Å². The molecule has 1 heterocycles. The molecular weight excluding hydrogens is 248 g/mol. The van der Waals surface area contributed by atoms with Crippen molar-refractivity contribution in [2.24, 2.45) is 0 Å². The van der Waals surface area contributed by atoms with Gasteiger partial charge < -0.3 is 9.67 Å². The highest BCUT2D eigenvalue weighted by Gasteiger charge is 2.14. The third-order valence-electron chi connectivity index (χ3n) is 2.83. The van der Waals surface area contributed by atoms with Crippen LogP contribution in [0.2, 0.25) is 5.02 Å². The van der Waals surface area contributed by atoms with Crippen molar-refractivity contribution in [3.05, 3.63) is 53.1 Å². The molecule has 4 heteroatoms. The topological polar surface area (TPSA) is 38.0 Å². The first-order chi connectivity index (χ1) is 8.70. The number of imidazole rings is 1. The third kappa shape index (κ3) is 3.12. The Balaban J connectivity index is 2.11. The Morgan fingerprint density at radius 2 is 2.28 bits per heavy atom. The molecule has 2 aromatic rings. The first-order valence-corrected chi connectivity index (χ1v) is 6.52. The predicted molar refractivity (Wildman–Crippen MR) is 72.6 cm³/mol. The molecule has 0 fully saturated rings. The summed E-state index contributed by atoms with van der Waals surface area (Å²) in [5, 5.41) is 10.9. The van der Waals surface area contributed by atoms with E-state index in [1.54, 1.807) is 6.20 Å². The summed E-state index contributed by atoms with van der Waals surface area (Å²) in [6.45, 7) is 2.98. The van der Waals surface area contributed by atoms with Gasteiger partial charge in [0.1, 0.15) is 11.9 Å². The maximum Gasteiger partial charge on any atom is 0.137 e. The molecule has 3 nitrogen and oxygen atoms in total. The maximum atomic E-state index is 10.2. The van der Waals surface area contributed by atoms with Crippen molar-refractivity contribution in [1.82, 2.24) is 9.55 Å². The number of nitrogens with zero attached hydrogens (tertiary/aromatic N) is 2. The average molecular weight is 265 g/mol. The van der Waals surface area contributed by atoms with Gasteiger partial charge in [0, 0.05) is 30.4 Å². The van der Waals surface area contributed by atoms with Crippen LogP contribution in [0.5, 0.6) is 0 Å². The van der Waals surface area contributed by atoms with Crippen LogP contribution in [-0.2, 0) is 13.0 Å². The lowest BCUT2D eigenvalue weighted by Crippen LogP contribution is -2.10. The Morgan fingerprint density at radius 1 is 1.44 bits per heavy atom. The summed E-state index contributed by atoms with van der Waals surface area (Å²) in [5.41, 5.74) is 1.01. The van der Waals surface area contributed by atoms with Crippen LogP contribution >= 0.6 is 11.6 Å². The lowest BCUT2D eigenvalue weighted by molar-refractivity contribution is 0.163. The quantitative estimate of drug-likeness (QED) is 0.900. The van der Waals surface area contributed by atoms with Crippen LogP contribution in [-0.4, -0.2) is 14.7 Å². The van der Waals surface area contributed by atoms with Gasteiger partial charge in [-0.3, -0.25) is 0 Å². The molecule has 0 bridgehead atoms. The summed E-state index contributed by atoms with van der Waals surface area (Å²) < 4.78 is 2.00. The summed E-state index contributed by atoms with van der Waals surface area (Å²) in [5.74, 6) is 0.719. The van der Waals surface area contributed by atoms with Gasteiger partial charge in [-0.25, -0.2) is 4.98 Å². The molecule has 0 saturated heterocycles. The summed E-state index contributed by atoms with van der Waals surface area (Å²) in [6, 6.07) is 7.55. The Labute approximate surface area is 112 Å². The van der Waals surface area contributed by atoms with Crippen LogP contribution in [0.25, 0.3) is 0 Å². The summed E-state index contributed by atoms with van der Waals surface area (Å²) in [4.78, 5) is 4.23. The van der Waals surface area contributed by atoms with Crippen molar-refractivity contribution in [2.45, 2.75) is 32.4 Å². The van der Waals surface area contributed by atoms with Crippen molar-refractivity contribution in [3.63, 3.8) is 0 Å². The maximum absolute atomic E-state index is 10.2. The molecule has 1 N–H and O–H groups in total. The largest absolute Gasteiger partial charge is 0.385 e. The minimum Gasteiger partial charge on any atom is -0.385 e. The van der Waals surface area contributed by atoms with Gasteiger partial charge in [0.05, 0.1) is 0 Å². The van der Waals surface area contributed by atoms with Crippen molar-refractivity contribution >= 4 is 11.6 Å². The van der Waals surface area contributed by atoms with Gasteiger partial charge in [0.25, 0.3) is 0 Å². The fourth-order valence-electron chi connectivity index (χ4n) is 2.03. The highest BCUT2D eigenvalue weighted by molar-refractivity contribution is 6.30. The van der Waals surface area contributed by atoms with E-state index in [0.29, 0.717) is 11.4 Å². The molecule has 96 valence electrons. The molecule has 2 rings (SSSR count). The summed E-state index contributed by atoms with van der Waals surface area (Å²) >= 11 is 5.93. The minimum atomic E-state index is -0.593. The second-order valence-electron chi connectivity index (χ2n) is 4.33. The number of halogens is 1. The van der Waals surface area contributed by atoms with Crippen LogP contribution in [0.15, 0.2) is 36.7 Å². The molecular formula is C14H17ClN2O. The first kappa shape index (κ1) is 13.1. The molecule has 0 aliphatic rings. The summed E-state index contributed by atoms with van der Waals surface area (Å²) in [6.07, 6.45) is 4.59. The zero-order valence-electron chi connectivity index (χ0n) is 10.4. The fraction of sp³-hybridized carbons (Fsp3) is 0.357. The van der Waals surface area contributed by atoms with Gasteiger partial charge in [0.15, 0.2) is 0 Å². The second-order valence-corrected chi connectivity index (χ2v) is 4.77. The van der Waals surface area contributed by atoms with E-state index in [-0.39, 0.29) is 0 Å². The van der Waals surface area contributed by atoms with E-state index in [1.165, 1.54) is 0 Å². The van der Waals surface area contributed by atoms with E-state index in [1.807, 2.05) is 35.0 Å². The zero-order chi connectivity index (χ0) is 13.0. The molecule has 0 aliphatic carbocycles. The number of aromatic nitrogens is 2. The normalized spacial score (nSPS) is 12.6. The average Bonchev–Trinajstić information content (AvgIpc) is 2.78. The Bertz CT molecular complexity index is 510. The lowest BCUT2D eigenvalue weighted by Gasteiger charge is -2.13. The number of aliphatic hydroxyl groups is 1. The predicted octanol–water partition coefficient (Wildman–Crippen LogP) is 3.22. The van der Waals surface area contributed by atoms with Crippen LogP contribution in [0.4, 0.5) is 0 Å². The molecule has 0 radical (unpaired) electrons. The van der Waals surface area contributed by atoms with Crippen LogP contribution in [0.3, 0.4) is 0 Å². The van der Waals surface area contributed by atoms with Gasteiger partial charge in [-0.05, 0) is 24.1 Å². The lowest BCUT2D eigenvalue weighted by atomic mass is 10.1. The molecule has 0 spiro atoms. The Kier molecular flexibility index (Phi) is 4.39. The molecule has 1 atom stereocenters. The molecule has 0 aliphatic heterocycles. The van der Waals surface area contributed by atoms with Gasteiger partial charge in [-0.1, -0.05) is 30.7 Å². The zero-order valence-corrected chi connectivity index (χ0v) is 11.1. The van der Waals surface area contributed by atoms with Crippen molar-refractivity contribution in [3.8, 4) is 0 Å². The van der Waals surface area contributed by atoms with E-state index in [4.69, 9.17) is 11.6 Å². The van der Waals surface area contributed by atoms with E-state index >= 15 is 0 Å². The number of hydrogen-bond donors (Lipinski definition) is 1. The summed E-state index contributed by atoms with van der Waals surface area (Å²) in [7, 11) is 0. The minimum absolute atomic E-state index is 0.529. The Morgan fingerprint density at radius 3 is 3.00 bits per heavy atom. The molecule has 18 heavy (non-hydrogen) atoms. The molecule has 0 amide bonds. The van der Waals surface area contributed by atoms with E-state index in [0.717, 1.165) is 24.4 Å². The van der Waals surface area contributed by atoms with Gasteiger partial charge in [0.2, 0.25) is 0 Å². The van der Waals surface area contributed by atoms with Gasteiger partial charge in [-0.15, -0.1) is 0 Å². The standard InChI is InChI=1S/C14H17ClN2O/c1-2-7-17-8-6-16-14(17)13(18)10-11-4-3-5-12(15)9-11/h3-6,8-9,13,18H,2,7,10H2,1H3. The SMILES string of the molecule is CCCn1ccnc1C(O)Cc1cccc(Cl)c1. The van der Waals surface area contributed by atoms with Crippen molar-refractivity contribution in [2.75, 3.05) is 0 Å². The Hall–Kier alpha value is -1.32. The fourth-order valence-corrected chi connectivity index (χ4v) is 2.24. The first-order valence-electron chi connectivity index (χ1n) is 6.14. The monoisotopic (exact) mass is 264 g/mol.